The third-order valence-corrected chi connectivity index (χ3v) is 6.48. The Morgan fingerprint density at radius 3 is 2.63 bits per heavy atom. The molecule has 2 heterocycles. The van der Waals surface area contributed by atoms with Gasteiger partial charge in [0, 0.05) is 29.7 Å². The number of fused-ring (bicyclic) bond motifs is 1. The molecule has 5 nitrogen and oxygen atoms in total. The average Bonchev–Trinajstić information content (AvgIpc) is 2.67. The summed E-state index contributed by atoms with van der Waals surface area (Å²) in [5, 5.41) is 1.13. The minimum atomic E-state index is -3.97. The van der Waals surface area contributed by atoms with Gasteiger partial charge < -0.3 is 9.64 Å². The molecule has 2 aromatic carbocycles. The summed E-state index contributed by atoms with van der Waals surface area (Å²) in [5.41, 5.74) is 1.16. The molecule has 0 unspecified atom stereocenters. The Morgan fingerprint density at radius 2 is 1.89 bits per heavy atom. The summed E-state index contributed by atoms with van der Waals surface area (Å²) in [6, 6.07) is 10.1. The van der Waals surface area contributed by atoms with Crippen molar-refractivity contribution >= 4 is 38.0 Å². The maximum absolute atomic E-state index is 13.6. The van der Waals surface area contributed by atoms with Crippen LogP contribution < -0.4 is 4.90 Å². The number of hydrogen-bond donors (Lipinski definition) is 0. The van der Waals surface area contributed by atoms with E-state index in [2.05, 4.69) is 4.98 Å². The SMILES string of the molecule is O=S(=O)(c1cccc(F)c1)c1cnc2ccc(Cl)cc2c1N1CCOCC1. The Bertz CT molecular complexity index is 1120. The van der Waals surface area contributed by atoms with Crippen LogP contribution in [0.5, 0.6) is 0 Å². The van der Waals surface area contributed by atoms with Gasteiger partial charge in [0.05, 0.1) is 29.3 Å². The molecule has 1 saturated heterocycles. The number of nitrogens with zero attached hydrogens (tertiary/aromatic N) is 2. The molecule has 27 heavy (non-hydrogen) atoms. The quantitative estimate of drug-likeness (QED) is 0.663. The largest absolute Gasteiger partial charge is 0.378 e. The third kappa shape index (κ3) is 3.38. The lowest BCUT2D eigenvalue weighted by Crippen LogP contribution is -2.37. The van der Waals surface area contributed by atoms with Crippen molar-refractivity contribution in [2.24, 2.45) is 0 Å². The van der Waals surface area contributed by atoms with Gasteiger partial charge in [0.15, 0.2) is 0 Å². The number of hydrogen-bond acceptors (Lipinski definition) is 5. The summed E-state index contributed by atoms with van der Waals surface area (Å²) >= 11 is 6.16. The van der Waals surface area contributed by atoms with E-state index in [0.717, 1.165) is 6.07 Å². The van der Waals surface area contributed by atoms with Crippen LogP contribution in [-0.2, 0) is 14.6 Å². The molecule has 0 bridgehead atoms. The van der Waals surface area contributed by atoms with Crippen LogP contribution in [0.3, 0.4) is 0 Å². The first-order valence-electron chi connectivity index (χ1n) is 8.38. The minimum absolute atomic E-state index is 0.0322. The second-order valence-corrected chi connectivity index (χ2v) is 8.55. The first-order valence-corrected chi connectivity index (χ1v) is 10.2. The normalized spacial score (nSPS) is 15.3. The van der Waals surface area contributed by atoms with Crippen molar-refractivity contribution in [3.63, 3.8) is 0 Å². The van der Waals surface area contributed by atoms with Gasteiger partial charge in [-0.25, -0.2) is 12.8 Å². The van der Waals surface area contributed by atoms with Crippen molar-refractivity contribution < 1.29 is 17.5 Å². The molecule has 1 fully saturated rings. The summed E-state index contributed by atoms with van der Waals surface area (Å²) in [6.45, 7) is 2.06. The van der Waals surface area contributed by atoms with E-state index >= 15 is 0 Å². The Kier molecular flexibility index (Phi) is 4.75. The molecule has 1 aliphatic rings. The Hall–Kier alpha value is -2.22. The van der Waals surface area contributed by atoms with Gasteiger partial charge >= 0.3 is 0 Å². The number of rotatable bonds is 3. The Labute approximate surface area is 161 Å². The molecule has 8 heteroatoms. The molecule has 3 aromatic rings. The summed E-state index contributed by atoms with van der Waals surface area (Å²) in [4.78, 5) is 6.18. The number of anilines is 1. The highest BCUT2D eigenvalue weighted by atomic mass is 35.5. The molecule has 0 aliphatic carbocycles. The first kappa shape index (κ1) is 18.2. The van der Waals surface area contributed by atoms with E-state index in [1.807, 2.05) is 4.90 Å². The van der Waals surface area contributed by atoms with Crippen LogP contribution in [0, 0.1) is 5.82 Å². The van der Waals surface area contributed by atoms with Crippen molar-refractivity contribution in [2.75, 3.05) is 31.2 Å². The second-order valence-electron chi connectivity index (χ2n) is 6.19. The average molecular weight is 407 g/mol. The van der Waals surface area contributed by atoms with Crippen molar-refractivity contribution in [3.05, 3.63) is 59.5 Å². The van der Waals surface area contributed by atoms with Gasteiger partial charge in [-0.05, 0) is 36.4 Å². The van der Waals surface area contributed by atoms with Crippen LogP contribution in [-0.4, -0.2) is 39.7 Å². The fraction of sp³-hybridized carbons (Fsp3) is 0.211. The Balaban J connectivity index is 1.99. The molecule has 1 aliphatic heterocycles. The summed E-state index contributed by atoms with van der Waals surface area (Å²) < 4.78 is 45.6. The molecule has 0 N–H and O–H groups in total. The highest BCUT2D eigenvalue weighted by Crippen LogP contribution is 2.37. The third-order valence-electron chi connectivity index (χ3n) is 4.49. The Morgan fingerprint density at radius 1 is 1.11 bits per heavy atom. The standard InChI is InChI=1S/C19H16ClFN2O3S/c20-13-4-5-17-16(10-13)19(23-6-8-26-9-7-23)18(12-22-17)27(24,25)15-3-1-2-14(21)11-15/h1-5,10-12H,6-9H2. The van der Waals surface area contributed by atoms with E-state index < -0.39 is 15.7 Å². The number of morpholine rings is 1. The van der Waals surface area contributed by atoms with Gasteiger partial charge in [-0.2, -0.15) is 0 Å². The number of aromatic nitrogens is 1. The molecule has 0 radical (unpaired) electrons. The van der Waals surface area contributed by atoms with Gasteiger partial charge in [0.25, 0.3) is 0 Å². The van der Waals surface area contributed by atoms with Crippen molar-refractivity contribution in [1.82, 2.24) is 4.98 Å². The zero-order valence-corrected chi connectivity index (χ0v) is 15.8. The fourth-order valence-corrected chi connectivity index (χ4v) is 4.84. The zero-order chi connectivity index (χ0) is 19.0. The molecule has 4 rings (SSSR count). The highest BCUT2D eigenvalue weighted by molar-refractivity contribution is 7.91. The predicted octanol–water partition coefficient (Wildman–Crippen LogP) is 3.70. The van der Waals surface area contributed by atoms with Crippen LogP contribution in [0.15, 0.2) is 58.5 Å². The lowest BCUT2D eigenvalue weighted by Gasteiger charge is -2.31. The van der Waals surface area contributed by atoms with E-state index in [4.69, 9.17) is 16.3 Å². The van der Waals surface area contributed by atoms with Gasteiger partial charge in [0.1, 0.15) is 10.7 Å². The first-order chi connectivity index (χ1) is 13.0. The van der Waals surface area contributed by atoms with Crippen LogP contribution in [0.4, 0.5) is 10.1 Å². The van der Waals surface area contributed by atoms with E-state index in [1.54, 1.807) is 18.2 Å². The number of sulfone groups is 1. The molecule has 1 aromatic heterocycles. The molecule has 0 atom stereocenters. The van der Waals surface area contributed by atoms with Crippen LogP contribution in [0.2, 0.25) is 5.02 Å². The van der Waals surface area contributed by atoms with Gasteiger partial charge in [-0.1, -0.05) is 17.7 Å². The van der Waals surface area contributed by atoms with Gasteiger partial charge in [0.2, 0.25) is 9.84 Å². The van der Waals surface area contributed by atoms with Crippen molar-refractivity contribution in [3.8, 4) is 0 Å². The van der Waals surface area contributed by atoms with Gasteiger partial charge in [-0.3, -0.25) is 4.98 Å². The van der Waals surface area contributed by atoms with E-state index in [9.17, 15) is 12.8 Å². The van der Waals surface area contributed by atoms with E-state index in [-0.39, 0.29) is 9.79 Å². The van der Waals surface area contributed by atoms with Crippen molar-refractivity contribution in [1.29, 1.82) is 0 Å². The highest BCUT2D eigenvalue weighted by Gasteiger charge is 2.28. The van der Waals surface area contributed by atoms with E-state index in [1.165, 1.54) is 24.4 Å². The summed E-state index contributed by atoms with van der Waals surface area (Å²) in [6.07, 6.45) is 1.33. The maximum atomic E-state index is 13.6. The molecular formula is C19H16ClFN2O3S. The molecular weight excluding hydrogens is 391 g/mol. The molecule has 0 saturated carbocycles. The fourth-order valence-electron chi connectivity index (χ4n) is 3.20. The topological polar surface area (TPSA) is 59.5 Å². The van der Waals surface area contributed by atoms with Gasteiger partial charge in [-0.15, -0.1) is 0 Å². The zero-order valence-electron chi connectivity index (χ0n) is 14.2. The number of ether oxygens (including phenoxy) is 1. The van der Waals surface area contributed by atoms with Crippen LogP contribution >= 0.6 is 11.6 Å². The maximum Gasteiger partial charge on any atom is 0.210 e. The molecule has 140 valence electrons. The number of benzene rings is 2. The molecule has 0 spiro atoms. The number of halogens is 2. The monoisotopic (exact) mass is 406 g/mol. The minimum Gasteiger partial charge on any atom is -0.378 e. The van der Waals surface area contributed by atoms with Crippen LogP contribution in [0.25, 0.3) is 10.9 Å². The lowest BCUT2D eigenvalue weighted by atomic mass is 10.1. The van der Waals surface area contributed by atoms with Crippen LogP contribution in [0.1, 0.15) is 0 Å². The summed E-state index contributed by atoms with van der Waals surface area (Å²) in [5.74, 6) is -0.610. The molecule has 0 amide bonds. The van der Waals surface area contributed by atoms with E-state index in [0.29, 0.717) is 47.9 Å². The smallest absolute Gasteiger partial charge is 0.210 e. The predicted molar refractivity (Wildman–Crippen MR) is 102 cm³/mol. The lowest BCUT2D eigenvalue weighted by molar-refractivity contribution is 0.122. The van der Waals surface area contributed by atoms with Crippen molar-refractivity contribution in [2.45, 2.75) is 9.79 Å². The second kappa shape index (κ2) is 7.07. The number of pyridine rings is 1. The summed E-state index contributed by atoms with van der Waals surface area (Å²) in [7, 11) is -3.97.